The van der Waals surface area contributed by atoms with Gasteiger partial charge in [-0.2, -0.15) is 62.9 Å². The van der Waals surface area contributed by atoms with E-state index in [0.29, 0.717) is 0 Å². The molecule has 4 nitrogen and oxygen atoms in total. The highest BCUT2D eigenvalue weighted by atomic mass is 19.4. The molecule has 16 heteroatoms. The van der Waals surface area contributed by atoms with Crippen molar-refractivity contribution in [3.05, 3.63) is 71.8 Å². The highest BCUT2D eigenvalue weighted by Gasteiger charge is 2.71. The van der Waals surface area contributed by atoms with Gasteiger partial charge in [-0.15, -0.1) is 0 Å². The average Bonchev–Trinajstić information content (AvgIpc) is 2.78. The Bertz CT molecular complexity index is 1020. The van der Waals surface area contributed by atoms with Crippen molar-refractivity contribution in [2.45, 2.75) is 48.7 Å². The van der Waals surface area contributed by atoms with Gasteiger partial charge in [0, 0.05) is 12.8 Å². The molecular formula is C22H16F12N2O2. The summed E-state index contributed by atoms with van der Waals surface area (Å²) in [7, 11) is 0. The summed E-state index contributed by atoms with van der Waals surface area (Å²) in [6.45, 7) is 0. The summed E-state index contributed by atoms with van der Waals surface area (Å²) in [6, 6.07) is 10.8. The second-order valence-electron chi connectivity index (χ2n) is 7.89. The summed E-state index contributed by atoms with van der Waals surface area (Å²) >= 11 is 0. The monoisotopic (exact) mass is 568 g/mol. The molecule has 0 amide bonds. The third kappa shape index (κ3) is 6.46. The van der Waals surface area contributed by atoms with Crippen LogP contribution in [0.2, 0.25) is 0 Å². The Balaban J connectivity index is 2.79. The maximum Gasteiger partial charge on any atom is 0.426 e. The highest BCUT2D eigenvalue weighted by molar-refractivity contribution is 6.04. The van der Waals surface area contributed by atoms with Gasteiger partial charge in [0.05, 0.1) is 11.4 Å². The largest absolute Gasteiger partial charge is 0.426 e. The molecule has 0 aliphatic carbocycles. The van der Waals surface area contributed by atoms with E-state index in [2.05, 4.69) is 10.2 Å². The van der Waals surface area contributed by atoms with Gasteiger partial charge < -0.3 is 10.2 Å². The van der Waals surface area contributed by atoms with Gasteiger partial charge in [0.1, 0.15) is 0 Å². The third-order valence-corrected chi connectivity index (χ3v) is 5.23. The van der Waals surface area contributed by atoms with E-state index in [0.717, 1.165) is 48.5 Å². The molecule has 0 aromatic heterocycles. The zero-order valence-electron chi connectivity index (χ0n) is 18.5. The normalized spacial score (nSPS) is 15.1. The fraction of sp³-hybridized carbons (Fsp3) is 0.364. The van der Waals surface area contributed by atoms with Crippen LogP contribution in [0.25, 0.3) is 0 Å². The van der Waals surface area contributed by atoms with Crippen LogP contribution in [0.1, 0.15) is 24.0 Å². The second kappa shape index (κ2) is 10.6. The summed E-state index contributed by atoms with van der Waals surface area (Å²) in [5.41, 5.74) is -14.4. The van der Waals surface area contributed by atoms with E-state index in [4.69, 9.17) is 0 Å². The van der Waals surface area contributed by atoms with E-state index in [1.807, 2.05) is 0 Å². The number of hydrogen-bond donors (Lipinski definition) is 2. The molecule has 0 saturated heterocycles. The topological polar surface area (TPSA) is 65.2 Å². The van der Waals surface area contributed by atoms with Crippen molar-refractivity contribution in [2.75, 3.05) is 0 Å². The summed E-state index contributed by atoms with van der Waals surface area (Å²) in [5, 5.41) is 25.4. The minimum Gasteiger partial charge on any atom is -0.373 e. The summed E-state index contributed by atoms with van der Waals surface area (Å²) < 4.78 is 159. The molecular weight excluding hydrogens is 552 g/mol. The van der Waals surface area contributed by atoms with Crippen LogP contribution in [0.5, 0.6) is 0 Å². The van der Waals surface area contributed by atoms with Gasteiger partial charge in [-0.1, -0.05) is 60.7 Å². The van der Waals surface area contributed by atoms with E-state index in [1.165, 1.54) is 12.1 Å². The molecule has 38 heavy (non-hydrogen) atoms. The molecule has 0 aliphatic heterocycles. The molecule has 0 heterocycles. The maximum absolute atomic E-state index is 13.3. The molecule has 0 unspecified atom stereocenters. The predicted molar refractivity (Wildman–Crippen MR) is 109 cm³/mol. The van der Waals surface area contributed by atoms with Crippen LogP contribution in [0.3, 0.4) is 0 Å². The predicted octanol–water partition coefficient (Wildman–Crippen LogP) is 6.37. The van der Waals surface area contributed by atoms with E-state index < -0.39 is 71.3 Å². The Morgan fingerprint density at radius 1 is 0.474 bits per heavy atom. The highest BCUT2D eigenvalue weighted by Crippen LogP contribution is 2.47. The van der Waals surface area contributed by atoms with Gasteiger partial charge in [-0.25, -0.2) is 0 Å². The quantitative estimate of drug-likeness (QED) is 0.232. The number of benzene rings is 2. The first-order valence-corrected chi connectivity index (χ1v) is 10.1. The fourth-order valence-electron chi connectivity index (χ4n) is 2.98. The summed E-state index contributed by atoms with van der Waals surface area (Å²) in [5.74, 6) is 0. The number of hydrogen-bond acceptors (Lipinski definition) is 4. The molecule has 2 aromatic rings. The molecule has 0 saturated carbocycles. The Morgan fingerprint density at radius 3 is 0.921 bits per heavy atom. The number of alkyl halides is 12. The van der Waals surface area contributed by atoms with Crippen molar-refractivity contribution in [1.29, 1.82) is 0 Å². The number of halogens is 12. The van der Waals surface area contributed by atoms with Crippen LogP contribution >= 0.6 is 0 Å². The average molecular weight is 568 g/mol. The van der Waals surface area contributed by atoms with Crippen LogP contribution in [-0.4, -0.2) is 57.5 Å². The Kier molecular flexibility index (Phi) is 8.63. The van der Waals surface area contributed by atoms with Gasteiger partial charge in [-0.05, 0) is 11.1 Å². The van der Waals surface area contributed by atoms with Crippen molar-refractivity contribution in [2.24, 2.45) is 10.2 Å². The molecule has 0 spiro atoms. The van der Waals surface area contributed by atoms with E-state index in [-0.39, 0.29) is 0 Å². The summed E-state index contributed by atoms with van der Waals surface area (Å²) in [4.78, 5) is 0. The lowest BCUT2D eigenvalue weighted by Crippen LogP contribution is -2.58. The standard InChI is InChI=1S/C22H16F12N2O2/c23-19(24,25)17(37,20(26,27)28)11-15(13-7-3-1-4-8-13)35-36-16(14-9-5-2-6-10-14)12-18(38,21(29,30)31)22(32,33)34/h1-10,37-38H,11-12H2. The van der Waals surface area contributed by atoms with Gasteiger partial charge in [0.2, 0.25) is 0 Å². The smallest absolute Gasteiger partial charge is 0.373 e. The SMILES string of the molecule is OC(CC(=NN=C(CC(O)(C(F)(F)F)C(F)(F)F)c1ccccc1)c1ccccc1)(C(F)(F)F)C(F)(F)F. The molecule has 2 aromatic carbocycles. The van der Waals surface area contributed by atoms with Gasteiger partial charge in [-0.3, -0.25) is 0 Å². The molecule has 0 radical (unpaired) electrons. The van der Waals surface area contributed by atoms with E-state index in [9.17, 15) is 62.9 Å². The molecule has 2 N–H and O–H groups in total. The Hall–Kier alpha value is -3.14. The molecule has 0 bridgehead atoms. The second-order valence-corrected chi connectivity index (χ2v) is 7.89. The van der Waals surface area contributed by atoms with E-state index >= 15 is 0 Å². The van der Waals surface area contributed by atoms with E-state index in [1.54, 1.807) is 0 Å². The van der Waals surface area contributed by atoms with Gasteiger partial charge in [0.25, 0.3) is 11.2 Å². The molecule has 2 rings (SSSR count). The van der Waals surface area contributed by atoms with Crippen molar-refractivity contribution in [3.63, 3.8) is 0 Å². The van der Waals surface area contributed by atoms with Crippen molar-refractivity contribution >= 4 is 11.4 Å². The molecule has 210 valence electrons. The first-order valence-electron chi connectivity index (χ1n) is 10.1. The molecule has 0 atom stereocenters. The Labute approximate surface area is 205 Å². The van der Waals surface area contributed by atoms with Crippen LogP contribution in [0.4, 0.5) is 52.7 Å². The summed E-state index contributed by atoms with van der Waals surface area (Å²) in [6.07, 6.45) is -30.0. The van der Waals surface area contributed by atoms with Crippen LogP contribution in [0, 0.1) is 0 Å². The minimum atomic E-state index is -6.32. The lowest BCUT2D eigenvalue weighted by molar-refractivity contribution is -0.365. The van der Waals surface area contributed by atoms with Gasteiger partial charge in [0.15, 0.2) is 0 Å². The maximum atomic E-state index is 13.3. The number of aliphatic hydroxyl groups is 2. The van der Waals surface area contributed by atoms with Crippen LogP contribution in [0.15, 0.2) is 70.9 Å². The zero-order chi connectivity index (χ0) is 29.2. The number of nitrogens with zero attached hydrogens (tertiary/aromatic N) is 2. The lowest BCUT2D eigenvalue weighted by atomic mass is 9.91. The molecule has 0 fully saturated rings. The zero-order valence-corrected chi connectivity index (χ0v) is 18.5. The van der Waals surface area contributed by atoms with Crippen LogP contribution in [-0.2, 0) is 0 Å². The van der Waals surface area contributed by atoms with Gasteiger partial charge >= 0.3 is 24.7 Å². The lowest BCUT2D eigenvalue weighted by Gasteiger charge is -2.33. The number of rotatable bonds is 7. The molecule has 0 aliphatic rings. The van der Waals surface area contributed by atoms with Crippen molar-refractivity contribution in [3.8, 4) is 0 Å². The van der Waals surface area contributed by atoms with Crippen molar-refractivity contribution < 1.29 is 62.9 Å². The van der Waals surface area contributed by atoms with Crippen LogP contribution < -0.4 is 0 Å². The minimum absolute atomic E-state index is 0.516. The first-order chi connectivity index (χ1) is 17.1. The Morgan fingerprint density at radius 2 is 0.711 bits per heavy atom. The van der Waals surface area contributed by atoms with Crippen molar-refractivity contribution in [1.82, 2.24) is 0 Å². The third-order valence-electron chi connectivity index (χ3n) is 5.23. The first kappa shape index (κ1) is 31.1. The fourth-order valence-corrected chi connectivity index (χ4v) is 2.98.